The standard InChI is InChI=1S/C13H13F2NO/c14-8-10-11(4-3-5-12(10)15)13(16-9-17)6-1-2-7-13/h3-5H,1-2,6-8H2. The molecule has 0 amide bonds. The summed E-state index contributed by atoms with van der Waals surface area (Å²) < 4.78 is 26.5. The lowest BCUT2D eigenvalue weighted by molar-refractivity contribution is 0.417. The van der Waals surface area contributed by atoms with Crippen molar-refractivity contribution in [3.8, 4) is 0 Å². The Bertz CT molecular complexity index is 460. The highest BCUT2D eigenvalue weighted by Crippen LogP contribution is 2.43. The molecule has 90 valence electrons. The van der Waals surface area contributed by atoms with Gasteiger partial charge in [0.05, 0.1) is 5.54 Å². The Hall–Kier alpha value is -1.54. The molecule has 0 radical (unpaired) electrons. The fraction of sp³-hybridized carbons (Fsp3) is 0.462. The quantitative estimate of drug-likeness (QED) is 0.585. The minimum Gasteiger partial charge on any atom is -0.246 e. The molecule has 0 aliphatic heterocycles. The molecule has 0 heterocycles. The van der Waals surface area contributed by atoms with Gasteiger partial charge in [0.25, 0.3) is 0 Å². The summed E-state index contributed by atoms with van der Waals surface area (Å²) in [5, 5.41) is 0. The Morgan fingerprint density at radius 2 is 2.06 bits per heavy atom. The molecule has 17 heavy (non-hydrogen) atoms. The zero-order valence-electron chi connectivity index (χ0n) is 9.38. The van der Waals surface area contributed by atoms with E-state index in [0.29, 0.717) is 18.4 Å². The maximum absolute atomic E-state index is 13.5. The number of aliphatic imine (C=N–C) groups is 1. The average Bonchev–Trinajstić information content (AvgIpc) is 2.79. The van der Waals surface area contributed by atoms with E-state index >= 15 is 0 Å². The molecule has 1 aliphatic rings. The van der Waals surface area contributed by atoms with Crippen LogP contribution in [-0.4, -0.2) is 6.08 Å². The van der Waals surface area contributed by atoms with Crippen LogP contribution in [0.25, 0.3) is 0 Å². The van der Waals surface area contributed by atoms with Crippen LogP contribution in [0.3, 0.4) is 0 Å². The topological polar surface area (TPSA) is 29.4 Å². The second-order valence-electron chi connectivity index (χ2n) is 4.34. The molecule has 1 aliphatic carbocycles. The van der Waals surface area contributed by atoms with E-state index in [1.54, 1.807) is 12.1 Å². The maximum atomic E-state index is 13.5. The van der Waals surface area contributed by atoms with Crippen LogP contribution < -0.4 is 0 Å². The summed E-state index contributed by atoms with van der Waals surface area (Å²) in [4.78, 5) is 14.4. The fourth-order valence-corrected chi connectivity index (χ4v) is 2.62. The van der Waals surface area contributed by atoms with E-state index in [-0.39, 0.29) is 5.56 Å². The van der Waals surface area contributed by atoms with Gasteiger partial charge in [0.2, 0.25) is 6.08 Å². The first kappa shape index (κ1) is 11.9. The van der Waals surface area contributed by atoms with Gasteiger partial charge in [-0.05, 0) is 24.5 Å². The Kier molecular flexibility index (Phi) is 3.34. The highest BCUT2D eigenvalue weighted by molar-refractivity contribution is 5.42. The largest absolute Gasteiger partial charge is 0.246 e. The molecule has 1 aromatic carbocycles. The zero-order chi connectivity index (χ0) is 12.3. The van der Waals surface area contributed by atoms with E-state index in [9.17, 15) is 13.6 Å². The summed E-state index contributed by atoms with van der Waals surface area (Å²) in [6, 6.07) is 4.42. The zero-order valence-corrected chi connectivity index (χ0v) is 9.38. The molecule has 0 aromatic heterocycles. The van der Waals surface area contributed by atoms with Gasteiger partial charge < -0.3 is 0 Å². The lowest BCUT2D eigenvalue weighted by Gasteiger charge is -2.25. The summed E-state index contributed by atoms with van der Waals surface area (Å²) in [6.45, 7) is -0.877. The molecule has 0 spiro atoms. The van der Waals surface area contributed by atoms with Crippen LogP contribution in [0.1, 0.15) is 36.8 Å². The Morgan fingerprint density at radius 1 is 1.35 bits per heavy atom. The van der Waals surface area contributed by atoms with Crippen molar-refractivity contribution in [2.45, 2.75) is 37.9 Å². The normalized spacial score (nSPS) is 17.8. The van der Waals surface area contributed by atoms with Crippen molar-refractivity contribution in [1.82, 2.24) is 0 Å². The molecule has 0 N–H and O–H groups in total. The van der Waals surface area contributed by atoms with Crippen molar-refractivity contribution in [1.29, 1.82) is 0 Å². The first-order chi connectivity index (χ1) is 8.23. The summed E-state index contributed by atoms with van der Waals surface area (Å²) in [5.74, 6) is -0.572. The van der Waals surface area contributed by atoms with E-state index in [2.05, 4.69) is 4.99 Å². The van der Waals surface area contributed by atoms with Gasteiger partial charge in [-0.1, -0.05) is 25.0 Å². The third kappa shape index (κ3) is 2.01. The molecule has 4 heteroatoms. The third-order valence-electron chi connectivity index (χ3n) is 3.44. The molecule has 1 saturated carbocycles. The van der Waals surface area contributed by atoms with Crippen LogP contribution in [0.2, 0.25) is 0 Å². The van der Waals surface area contributed by atoms with Crippen LogP contribution in [0.5, 0.6) is 0 Å². The van der Waals surface area contributed by atoms with Crippen molar-refractivity contribution in [3.05, 3.63) is 35.1 Å². The van der Waals surface area contributed by atoms with Crippen LogP contribution >= 0.6 is 0 Å². The first-order valence-electron chi connectivity index (χ1n) is 5.66. The molecule has 0 bridgehead atoms. The summed E-state index contributed by atoms with van der Waals surface area (Å²) in [7, 11) is 0. The van der Waals surface area contributed by atoms with E-state index in [1.165, 1.54) is 12.1 Å². The summed E-state index contributed by atoms with van der Waals surface area (Å²) in [5.41, 5.74) is -0.236. The number of benzene rings is 1. The molecule has 0 saturated heterocycles. The number of alkyl halides is 1. The number of nitrogens with zero attached hydrogens (tertiary/aromatic N) is 1. The van der Waals surface area contributed by atoms with Crippen molar-refractivity contribution in [2.24, 2.45) is 4.99 Å². The molecule has 2 nitrogen and oxygen atoms in total. The second-order valence-corrected chi connectivity index (χ2v) is 4.34. The Balaban J connectivity index is 2.57. The summed E-state index contributed by atoms with van der Waals surface area (Å²) >= 11 is 0. The molecule has 2 rings (SSSR count). The van der Waals surface area contributed by atoms with Crippen LogP contribution in [0, 0.1) is 5.82 Å². The number of hydrogen-bond donors (Lipinski definition) is 0. The number of carbonyl (C=O) groups excluding carboxylic acids is 1. The summed E-state index contributed by atoms with van der Waals surface area (Å²) in [6.07, 6.45) is 4.67. The highest BCUT2D eigenvalue weighted by atomic mass is 19.1. The van der Waals surface area contributed by atoms with Gasteiger partial charge in [-0.2, -0.15) is 4.99 Å². The molecular weight excluding hydrogens is 224 g/mol. The van der Waals surface area contributed by atoms with Gasteiger partial charge in [0.15, 0.2) is 0 Å². The van der Waals surface area contributed by atoms with Gasteiger partial charge in [-0.3, -0.25) is 0 Å². The lowest BCUT2D eigenvalue weighted by atomic mass is 9.85. The highest BCUT2D eigenvalue weighted by Gasteiger charge is 2.37. The molecule has 1 fully saturated rings. The number of halogens is 2. The van der Waals surface area contributed by atoms with Crippen LogP contribution in [-0.2, 0) is 17.0 Å². The van der Waals surface area contributed by atoms with Gasteiger partial charge >= 0.3 is 0 Å². The second kappa shape index (κ2) is 4.76. The van der Waals surface area contributed by atoms with Gasteiger partial charge in [-0.25, -0.2) is 13.6 Å². The predicted octanol–water partition coefficient (Wildman–Crippen LogP) is 3.40. The van der Waals surface area contributed by atoms with Crippen LogP contribution in [0.15, 0.2) is 23.2 Å². The number of rotatable bonds is 3. The molecule has 1 aromatic rings. The maximum Gasteiger partial charge on any atom is 0.235 e. The molecule has 0 atom stereocenters. The van der Waals surface area contributed by atoms with E-state index in [4.69, 9.17) is 0 Å². The lowest BCUT2D eigenvalue weighted by Crippen LogP contribution is -2.21. The van der Waals surface area contributed by atoms with E-state index < -0.39 is 18.0 Å². The monoisotopic (exact) mass is 237 g/mol. The van der Waals surface area contributed by atoms with Gasteiger partial charge in [0.1, 0.15) is 12.5 Å². The van der Waals surface area contributed by atoms with Crippen molar-refractivity contribution < 1.29 is 13.6 Å². The minimum absolute atomic E-state index is 0.0217. The van der Waals surface area contributed by atoms with E-state index in [1.807, 2.05) is 0 Å². The Morgan fingerprint density at radius 3 is 2.65 bits per heavy atom. The van der Waals surface area contributed by atoms with Crippen molar-refractivity contribution in [2.75, 3.05) is 0 Å². The SMILES string of the molecule is O=C=NC1(c2cccc(F)c2CF)CCCC1. The van der Waals surface area contributed by atoms with Crippen molar-refractivity contribution >= 4 is 6.08 Å². The third-order valence-corrected chi connectivity index (χ3v) is 3.44. The average molecular weight is 237 g/mol. The van der Waals surface area contributed by atoms with Crippen LogP contribution in [0.4, 0.5) is 8.78 Å². The predicted molar refractivity (Wildman–Crippen MR) is 59.5 cm³/mol. The van der Waals surface area contributed by atoms with Gasteiger partial charge in [0, 0.05) is 5.56 Å². The number of isocyanates is 1. The molecule has 0 unspecified atom stereocenters. The molecular formula is C13H13F2NO. The minimum atomic E-state index is -0.877. The number of hydrogen-bond acceptors (Lipinski definition) is 2. The van der Waals surface area contributed by atoms with Gasteiger partial charge in [-0.15, -0.1) is 0 Å². The Labute approximate surface area is 98.4 Å². The smallest absolute Gasteiger partial charge is 0.235 e. The first-order valence-corrected chi connectivity index (χ1v) is 5.66. The fourth-order valence-electron chi connectivity index (χ4n) is 2.62. The van der Waals surface area contributed by atoms with Crippen molar-refractivity contribution in [3.63, 3.8) is 0 Å². The van der Waals surface area contributed by atoms with E-state index in [0.717, 1.165) is 12.8 Å².